The van der Waals surface area contributed by atoms with Crippen molar-refractivity contribution >= 4 is 0 Å². The van der Waals surface area contributed by atoms with Crippen molar-refractivity contribution in [2.24, 2.45) is 5.92 Å². The van der Waals surface area contributed by atoms with Crippen LogP contribution in [-0.4, -0.2) is 37.1 Å². The van der Waals surface area contributed by atoms with Crippen LogP contribution >= 0.6 is 0 Å². The van der Waals surface area contributed by atoms with E-state index in [9.17, 15) is 0 Å². The standard InChI is InChI=1S/C15H34N2/c1-6-9-11-17(8-3)15(10-7-2)13-16-12-14(4)5/h14-16H,6-13H2,1-5H3. The maximum absolute atomic E-state index is 3.62. The van der Waals surface area contributed by atoms with E-state index in [1.807, 2.05) is 0 Å². The zero-order chi connectivity index (χ0) is 13.1. The molecule has 0 saturated carbocycles. The van der Waals surface area contributed by atoms with Gasteiger partial charge in [0.1, 0.15) is 0 Å². The van der Waals surface area contributed by atoms with Crippen LogP contribution in [0.4, 0.5) is 0 Å². The van der Waals surface area contributed by atoms with Crippen LogP contribution in [0, 0.1) is 5.92 Å². The number of nitrogens with zero attached hydrogens (tertiary/aromatic N) is 1. The monoisotopic (exact) mass is 242 g/mol. The predicted octanol–water partition coefficient (Wildman–Crippen LogP) is 3.52. The summed E-state index contributed by atoms with van der Waals surface area (Å²) >= 11 is 0. The average molecular weight is 242 g/mol. The molecule has 2 heteroatoms. The summed E-state index contributed by atoms with van der Waals surface area (Å²) in [6, 6.07) is 0.732. The Morgan fingerprint density at radius 3 is 2.18 bits per heavy atom. The Bertz CT molecular complexity index is 157. The van der Waals surface area contributed by atoms with E-state index in [1.165, 1.54) is 38.8 Å². The smallest absolute Gasteiger partial charge is 0.0220 e. The Balaban J connectivity index is 4.06. The molecule has 0 saturated heterocycles. The molecule has 0 rings (SSSR count). The summed E-state index contributed by atoms with van der Waals surface area (Å²) in [5.41, 5.74) is 0. The summed E-state index contributed by atoms with van der Waals surface area (Å²) < 4.78 is 0. The molecule has 0 amide bonds. The summed E-state index contributed by atoms with van der Waals surface area (Å²) in [5, 5.41) is 3.62. The van der Waals surface area contributed by atoms with Crippen molar-refractivity contribution in [3.63, 3.8) is 0 Å². The Morgan fingerprint density at radius 2 is 1.71 bits per heavy atom. The molecule has 17 heavy (non-hydrogen) atoms. The van der Waals surface area contributed by atoms with Crippen molar-refractivity contribution in [1.82, 2.24) is 10.2 Å². The largest absolute Gasteiger partial charge is 0.315 e. The van der Waals surface area contributed by atoms with Gasteiger partial charge in [-0.1, -0.05) is 47.5 Å². The van der Waals surface area contributed by atoms with Crippen LogP contribution < -0.4 is 5.32 Å². The third-order valence-electron chi connectivity index (χ3n) is 3.28. The first-order valence-electron chi connectivity index (χ1n) is 7.60. The second kappa shape index (κ2) is 11.0. The van der Waals surface area contributed by atoms with Crippen molar-refractivity contribution in [1.29, 1.82) is 0 Å². The van der Waals surface area contributed by atoms with E-state index in [1.54, 1.807) is 0 Å². The van der Waals surface area contributed by atoms with Crippen molar-refractivity contribution in [3.8, 4) is 0 Å². The first-order chi connectivity index (χ1) is 8.15. The normalized spacial score (nSPS) is 13.6. The molecule has 0 heterocycles. The highest BCUT2D eigenvalue weighted by molar-refractivity contribution is 4.73. The van der Waals surface area contributed by atoms with Crippen LogP contribution in [-0.2, 0) is 0 Å². The fourth-order valence-corrected chi connectivity index (χ4v) is 2.25. The van der Waals surface area contributed by atoms with Crippen molar-refractivity contribution in [2.75, 3.05) is 26.2 Å². The average Bonchev–Trinajstić information content (AvgIpc) is 2.29. The molecule has 1 atom stereocenters. The van der Waals surface area contributed by atoms with Gasteiger partial charge in [0.05, 0.1) is 0 Å². The fraction of sp³-hybridized carbons (Fsp3) is 1.00. The Morgan fingerprint density at radius 1 is 1.00 bits per heavy atom. The molecule has 1 N–H and O–H groups in total. The lowest BCUT2D eigenvalue weighted by Gasteiger charge is -2.31. The fourth-order valence-electron chi connectivity index (χ4n) is 2.25. The SMILES string of the molecule is CCCCN(CC)C(CCC)CNCC(C)C. The molecule has 0 spiro atoms. The zero-order valence-electron chi connectivity index (χ0n) is 12.8. The molecule has 0 aliphatic rings. The second-order valence-corrected chi connectivity index (χ2v) is 5.48. The van der Waals surface area contributed by atoms with E-state index in [2.05, 4.69) is 44.8 Å². The lowest BCUT2D eigenvalue weighted by Crippen LogP contribution is -2.43. The molecule has 0 aliphatic carbocycles. The van der Waals surface area contributed by atoms with Crippen LogP contribution in [0.25, 0.3) is 0 Å². The molecule has 1 unspecified atom stereocenters. The number of nitrogens with one attached hydrogen (secondary N) is 1. The summed E-state index contributed by atoms with van der Waals surface area (Å²) in [4.78, 5) is 2.65. The van der Waals surface area contributed by atoms with Gasteiger partial charge in [-0.3, -0.25) is 4.90 Å². The number of hydrogen-bond donors (Lipinski definition) is 1. The third-order valence-corrected chi connectivity index (χ3v) is 3.28. The summed E-state index contributed by atoms with van der Waals surface area (Å²) in [6.07, 6.45) is 5.24. The molecule has 0 fully saturated rings. The van der Waals surface area contributed by atoms with Crippen LogP contribution in [0.2, 0.25) is 0 Å². The van der Waals surface area contributed by atoms with Gasteiger partial charge in [-0.2, -0.15) is 0 Å². The van der Waals surface area contributed by atoms with Crippen LogP contribution in [0.5, 0.6) is 0 Å². The number of unbranched alkanes of at least 4 members (excludes halogenated alkanes) is 1. The molecule has 0 radical (unpaired) electrons. The topological polar surface area (TPSA) is 15.3 Å². The van der Waals surface area contributed by atoms with E-state index in [-0.39, 0.29) is 0 Å². The van der Waals surface area contributed by atoms with Gasteiger partial charge in [-0.15, -0.1) is 0 Å². The van der Waals surface area contributed by atoms with Gasteiger partial charge in [0.25, 0.3) is 0 Å². The molecule has 104 valence electrons. The van der Waals surface area contributed by atoms with E-state index < -0.39 is 0 Å². The number of likely N-dealkylation sites (N-methyl/N-ethyl adjacent to an activating group) is 1. The van der Waals surface area contributed by atoms with Gasteiger partial charge in [0.2, 0.25) is 0 Å². The van der Waals surface area contributed by atoms with Gasteiger partial charge in [-0.05, 0) is 38.4 Å². The Hall–Kier alpha value is -0.0800. The quantitative estimate of drug-likeness (QED) is 0.596. The van der Waals surface area contributed by atoms with Crippen LogP contribution in [0.3, 0.4) is 0 Å². The molecule has 2 nitrogen and oxygen atoms in total. The van der Waals surface area contributed by atoms with Gasteiger partial charge in [-0.25, -0.2) is 0 Å². The highest BCUT2D eigenvalue weighted by Crippen LogP contribution is 2.08. The maximum Gasteiger partial charge on any atom is 0.0220 e. The number of rotatable bonds is 11. The van der Waals surface area contributed by atoms with Crippen LogP contribution in [0.15, 0.2) is 0 Å². The van der Waals surface area contributed by atoms with Crippen LogP contribution in [0.1, 0.15) is 60.3 Å². The van der Waals surface area contributed by atoms with Crippen molar-refractivity contribution < 1.29 is 0 Å². The molecular weight excluding hydrogens is 208 g/mol. The second-order valence-electron chi connectivity index (χ2n) is 5.48. The minimum atomic E-state index is 0.732. The maximum atomic E-state index is 3.62. The van der Waals surface area contributed by atoms with Gasteiger partial charge in [0.15, 0.2) is 0 Å². The molecule has 0 aromatic heterocycles. The first kappa shape index (κ1) is 16.9. The van der Waals surface area contributed by atoms with Gasteiger partial charge < -0.3 is 5.32 Å². The summed E-state index contributed by atoms with van der Waals surface area (Å²) in [6.45, 7) is 16.2. The van der Waals surface area contributed by atoms with Gasteiger partial charge in [0, 0.05) is 12.6 Å². The van der Waals surface area contributed by atoms with E-state index >= 15 is 0 Å². The molecule has 0 bridgehead atoms. The third kappa shape index (κ3) is 8.62. The first-order valence-corrected chi connectivity index (χ1v) is 7.60. The summed E-state index contributed by atoms with van der Waals surface area (Å²) in [7, 11) is 0. The minimum absolute atomic E-state index is 0.732. The van der Waals surface area contributed by atoms with E-state index in [4.69, 9.17) is 0 Å². The Labute approximate surface area is 109 Å². The van der Waals surface area contributed by atoms with Crippen molar-refractivity contribution in [2.45, 2.75) is 66.3 Å². The zero-order valence-corrected chi connectivity index (χ0v) is 12.8. The van der Waals surface area contributed by atoms with E-state index in [0.29, 0.717) is 0 Å². The van der Waals surface area contributed by atoms with Gasteiger partial charge >= 0.3 is 0 Å². The molecule has 0 aromatic carbocycles. The number of hydrogen-bond acceptors (Lipinski definition) is 2. The minimum Gasteiger partial charge on any atom is -0.315 e. The molecule has 0 aliphatic heterocycles. The highest BCUT2D eigenvalue weighted by Gasteiger charge is 2.15. The highest BCUT2D eigenvalue weighted by atomic mass is 15.2. The lowest BCUT2D eigenvalue weighted by atomic mass is 10.1. The molecular formula is C15H34N2. The van der Waals surface area contributed by atoms with Crippen molar-refractivity contribution in [3.05, 3.63) is 0 Å². The Kier molecular flexibility index (Phi) is 11.0. The van der Waals surface area contributed by atoms with E-state index in [0.717, 1.165) is 25.0 Å². The molecule has 0 aromatic rings. The predicted molar refractivity (Wildman–Crippen MR) is 78.6 cm³/mol. The lowest BCUT2D eigenvalue weighted by molar-refractivity contribution is 0.186. The summed E-state index contributed by atoms with van der Waals surface area (Å²) in [5.74, 6) is 0.753.